The molecule has 2 aromatic rings. The summed E-state index contributed by atoms with van der Waals surface area (Å²) >= 11 is 3.51. The predicted octanol–water partition coefficient (Wildman–Crippen LogP) is 5.03. The second kappa shape index (κ2) is 5.58. The predicted molar refractivity (Wildman–Crippen MR) is 83.1 cm³/mol. The van der Waals surface area contributed by atoms with Crippen LogP contribution in [-0.2, 0) is 4.74 Å². The fraction of sp³-hybridized carbons (Fsp3) is 0.294. The number of rotatable bonds is 2. The molecule has 0 bridgehead atoms. The Balaban J connectivity index is 1.97. The molecule has 1 heterocycles. The standard InChI is InChI=1S/C17H17BrO2/c1-11(2)12-3-5-13(6-4-12)17-15-9-14(18)7-8-16(15)19-10-20-17/h3-9,11,17H,10H2,1-2H3. The molecule has 1 aliphatic rings. The third-order valence-corrected chi connectivity index (χ3v) is 4.10. The number of hydrogen-bond acceptors (Lipinski definition) is 2. The van der Waals surface area contributed by atoms with Crippen LogP contribution in [0.1, 0.15) is 42.6 Å². The summed E-state index contributed by atoms with van der Waals surface area (Å²) in [7, 11) is 0. The van der Waals surface area contributed by atoms with E-state index >= 15 is 0 Å². The van der Waals surface area contributed by atoms with Gasteiger partial charge in [0.15, 0.2) is 6.79 Å². The molecule has 1 unspecified atom stereocenters. The van der Waals surface area contributed by atoms with Crippen molar-refractivity contribution in [3.63, 3.8) is 0 Å². The van der Waals surface area contributed by atoms with E-state index in [1.165, 1.54) is 5.56 Å². The molecule has 0 aliphatic carbocycles. The van der Waals surface area contributed by atoms with Gasteiger partial charge >= 0.3 is 0 Å². The molecule has 0 spiro atoms. The fourth-order valence-corrected chi connectivity index (χ4v) is 2.82. The normalized spacial score (nSPS) is 17.7. The van der Waals surface area contributed by atoms with Gasteiger partial charge in [0, 0.05) is 10.0 Å². The number of benzene rings is 2. The summed E-state index contributed by atoms with van der Waals surface area (Å²) in [6.45, 7) is 4.70. The number of hydrogen-bond donors (Lipinski definition) is 0. The van der Waals surface area contributed by atoms with Crippen molar-refractivity contribution in [1.82, 2.24) is 0 Å². The quantitative estimate of drug-likeness (QED) is 0.767. The summed E-state index contributed by atoms with van der Waals surface area (Å²) in [5, 5.41) is 0. The molecule has 3 heteroatoms. The smallest absolute Gasteiger partial charge is 0.190 e. The van der Waals surface area contributed by atoms with Crippen LogP contribution in [0.15, 0.2) is 46.9 Å². The highest BCUT2D eigenvalue weighted by atomic mass is 79.9. The van der Waals surface area contributed by atoms with E-state index in [0.29, 0.717) is 12.7 Å². The molecule has 2 aromatic carbocycles. The second-order valence-corrected chi connectivity index (χ2v) is 6.23. The summed E-state index contributed by atoms with van der Waals surface area (Å²) in [5.74, 6) is 1.44. The van der Waals surface area contributed by atoms with Gasteiger partial charge in [0.1, 0.15) is 11.9 Å². The summed E-state index contributed by atoms with van der Waals surface area (Å²) in [4.78, 5) is 0. The Morgan fingerprint density at radius 3 is 2.55 bits per heavy atom. The first-order chi connectivity index (χ1) is 9.65. The highest BCUT2D eigenvalue weighted by molar-refractivity contribution is 9.10. The van der Waals surface area contributed by atoms with Crippen LogP contribution in [0.5, 0.6) is 5.75 Å². The molecule has 0 amide bonds. The van der Waals surface area contributed by atoms with Crippen LogP contribution < -0.4 is 4.74 Å². The van der Waals surface area contributed by atoms with E-state index < -0.39 is 0 Å². The molecule has 0 radical (unpaired) electrons. The molecule has 3 rings (SSSR count). The molecule has 1 aliphatic heterocycles. The maximum atomic E-state index is 5.80. The highest BCUT2D eigenvalue weighted by Crippen LogP contribution is 2.38. The molecule has 2 nitrogen and oxygen atoms in total. The molecule has 0 N–H and O–H groups in total. The largest absolute Gasteiger partial charge is 0.467 e. The number of ether oxygens (including phenoxy) is 2. The van der Waals surface area contributed by atoms with Crippen molar-refractivity contribution < 1.29 is 9.47 Å². The number of fused-ring (bicyclic) bond motifs is 1. The van der Waals surface area contributed by atoms with Crippen LogP contribution in [0.25, 0.3) is 0 Å². The van der Waals surface area contributed by atoms with E-state index in [9.17, 15) is 0 Å². The summed E-state index contributed by atoms with van der Waals surface area (Å²) in [6.07, 6.45) is -0.0579. The van der Waals surface area contributed by atoms with Crippen molar-refractivity contribution in [2.24, 2.45) is 0 Å². The van der Waals surface area contributed by atoms with Gasteiger partial charge in [0.05, 0.1) is 0 Å². The molecule has 0 aromatic heterocycles. The maximum absolute atomic E-state index is 5.80. The van der Waals surface area contributed by atoms with E-state index in [2.05, 4.69) is 60.1 Å². The lowest BCUT2D eigenvalue weighted by Crippen LogP contribution is -2.18. The van der Waals surface area contributed by atoms with Gasteiger partial charge in [0.25, 0.3) is 0 Å². The molecule has 20 heavy (non-hydrogen) atoms. The zero-order valence-electron chi connectivity index (χ0n) is 11.6. The third kappa shape index (κ3) is 2.60. The van der Waals surface area contributed by atoms with Crippen molar-refractivity contribution in [3.8, 4) is 5.75 Å². The lowest BCUT2D eigenvalue weighted by Gasteiger charge is -2.27. The van der Waals surface area contributed by atoms with E-state index in [-0.39, 0.29) is 6.10 Å². The molecule has 1 atom stereocenters. The van der Waals surface area contributed by atoms with Crippen LogP contribution in [0.4, 0.5) is 0 Å². The van der Waals surface area contributed by atoms with Gasteiger partial charge in [0.2, 0.25) is 0 Å². The first-order valence-corrected chi connectivity index (χ1v) is 7.58. The molecule has 0 saturated carbocycles. The second-order valence-electron chi connectivity index (χ2n) is 5.31. The average Bonchev–Trinajstić information content (AvgIpc) is 2.46. The van der Waals surface area contributed by atoms with Gasteiger partial charge in [-0.3, -0.25) is 0 Å². The zero-order valence-corrected chi connectivity index (χ0v) is 13.2. The van der Waals surface area contributed by atoms with E-state index in [1.54, 1.807) is 0 Å². The van der Waals surface area contributed by atoms with Crippen LogP contribution in [0.3, 0.4) is 0 Å². The van der Waals surface area contributed by atoms with Crippen molar-refractivity contribution in [2.75, 3.05) is 6.79 Å². The zero-order chi connectivity index (χ0) is 14.1. The Morgan fingerprint density at radius 1 is 1.10 bits per heavy atom. The van der Waals surface area contributed by atoms with E-state index in [1.807, 2.05) is 12.1 Å². The third-order valence-electron chi connectivity index (χ3n) is 3.61. The Labute approximate surface area is 127 Å². The van der Waals surface area contributed by atoms with Crippen molar-refractivity contribution in [3.05, 3.63) is 63.6 Å². The van der Waals surface area contributed by atoms with Crippen LogP contribution in [-0.4, -0.2) is 6.79 Å². The minimum atomic E-state index is -0.0579. The van der Waals surface area contributed by atoms with Gasteiger partial charge in [-0.1, -0.05) is 54.0 Å². The van der Waals surface area contributed by atoms with Gasteiger partial charge in [-0.2, -0.15) is 0 Å². The lowest BCUT2D eigenvalue weighted by molar-refractivity contribution is -0.0419. The Hall–Kier alpha value is -1.32. The molecular weight excluding hydrogens is 316 g/mol. The van der Waals surface area contributed by atoms with Gasteiger partial charge in [-0.15, -0.1) is 0 Å². The Morgan fingerprint density at radius 2 is 1.85 bits per heavy atom. The maximum Gasteiger partial charge on any atom is 0.190 e. The molecule has 104 valence electrons. The SMILES string of the molecule is CC(C)c1ccc(C2OCOc3ccc(Br)cc32)cc1. The summed E-state index contributed by atoms with van der Waals surface area (Å²) in [5.41, 5.74) is 3.58. The summed E-state index contributed by atoms with van der Waals surface area (Å²) in [6, 6.07) is 14.7. The van der Waals surface area contributed by atoms with Gasteiger partial charge in [-0.05, 0) is 35.2 Å². The number of halogens is 1. The van der Waals surface area contributed by atoms with E-state index in [0.717, 1.165) is 21.3 Å². The van der Waals surface area contributed by atoms with Crippen LogP contribution >= 0.6 is 15.9 Å². The fourth-order valence-electron chi connectivity index (χ4n) is 2.44. The first-order valence-electron chi connectivity index (χ1n) is 6.79. The van der Waals surface area contributed by atoms with Crippen molar-refractivity contribution in [1.29, 1.82) is 0 Å². The van der Waals surface area contributed by atoms with Crippen molar-refractivity contribution >= 4 is 15.9 Å². The topological polar surface area (TPSA) is 18.5 Å². The van der Waals surface area contributed by atoms with E-state index in [4.69, 9.17) is 9.47 Å². The minimum absolute atomic E-state index is 0.0579. The van der Waals surface area contributed by atoms with Gasteiger partial charge in [-0.25, -0.2) is 0 Å². The van der Waals surface area contributed by atoms with Crippen LogP contribution in [0, 0.1) is 0 Å². The molecule has 0 saturated heterocycles. The van der Waals surface area contributed by atoms with Crippen molar-refractivity contribution in [2.45, 2.75) is 25.9 Å². The van der Waals surface area contributed by atoms with Gasteiger partial charge < -0.3 is 9.47 Å². The Kier molecular flexibility index (Phi) is 3.81. The first kappa shape index (κ1) is 13.7. The molecule has 0 fully saturated rings. The monoisotopic (exact) mass is 332 g/mol. The lowest BCUT2D eigenvalue weighted by atomic mass is 9.96. The Bertz CT molecular complexity index is 605. The summed E-state index contributed by atoms with van der Waals surface area (Å²) < 4.78 is 12.4. The molecular formula is C17H17BrO2. The minimum Gasteiger partial charge on any atom is -0.467 e. The highest BCUT2D eigenvalue weighted by Gasteiger charge is 2.24. The average molecular weight is 333 g/mol. The van der Waals surface area contributed by atoms with Crippen LogP contribution in [0.2, 0.25) is 0 Å².